The van der Waals surface area contributed by atoms with Gasteiger partial charge in [0.2, 0.25) is 0 Å². The van der Waals surface area contributed by atoms with Gasteiger partial charge in [-0.15, -0.1) is 0 Å². The molecule has 0 amide bonds. The summed E-state index contributed by atoms with van der Waals surface area (Å²) >= 11 is 3.47. The summed E-state index contributed by atoms with van der Waals surface area (Å²) in [7, 11) is 1.44. The van der Waals surface area contributed by atoms with Crippen molar-refractivity contribution in [1.29, 1.82) is 0 Å². The van der Waals surface area contributed by atoms with E-state index in [-0.39, 0.29) is 18.1 Å². The molecule has 0 radical (unpaired) electrons. The van der Waals surface area contributed by atoms with Crippen LogP contribution in [-0.2, 0) is 9.53 Å². The van der Waals surface area contributed by atoms with Gasteiger partial charge in [-0.05, 0) is 37.0 Å². The van der Waals surface area contributed by atoms with Gasteiger partial charge in [0.15, 0.2) is 0 Å². The van der Waals surface area contributed by atoms with Crippen LogP contribution in [0.4, 0.5) is 0 Å². The lowest BCUT2D eigenvalue weighted by molar-refractivity contribution is -0.144. The first-order valence-electron chi connectivity index (χ1n) is 5.80. The summed E-state index contributed by atoms with van der Waals surface area (Å²) in [5.74, 6) is -0.162. The largest absolute Gasteiger partial charge is 0.468 e. The first kappa shape index (κ1) is 12.6. The van der Waals surface area contributed by atoms with Crippen LogP contribution in [0.25, 0.3) is 0 Å². The zero-order valence-corrected chi connectivity index (χ0v) is 11.4. The number of hydrogen-bond acceptors (Lipinski definition) is 3. The van der Waals surface area contributed by atoms with E-state index >= 15 is 0 Å². The summed E-state index contributed by atoms with van der Waals surface area (Å²) in [5, 5.41) is 3.35. The summed E-state index contributed by atoms with van der Waals surface area (Å²) < 4.78 is 5.85. The van der Waals surface area contributed by atoms with Gasteiger partial charge in [0.05, 0.1) is 7.11 Å². The third kappa shape index (κ3) is 3.07. The van der Waals surface area contributed by atoms with E-state index in [1.165, 1.54) is 12.7 Å². The second kappa shape index (κ2) is 5.65. The molecule has 1 fully saturated rings. The van der Waals surface area contributed by atoms with Crippen molar-refractivity contribution in [1.82, 2.24) is 5.32 Å². The van der Waals surface area contributed by atoms with Crippen LogP contribution in [0.1, 0.15) is 30.9 Å². The third-order valence-electron chi connectivity index (χ3n) is 3.12. The van der Waals surface area contributed by atoms with Crippen molar-refractivity contribution < 1.29 is 9.53 Å². The van der Waals surface area contributed by atoms with Crippen LogP contribution >= 0.6 is 15.9 Å². The zero-order valence-electron chi connectivity index (χ0n) is 9.78. The van der Waals surface area contributed by atoms with E-state index in [4.69, 9.17) is 4.74 Å². The van der Waals surface area contributed by atoms with Crippen LogP contribution < -0.4 is 5.32 Å². The van der Waals surface area contributed by atoms with Crippen LogP contribution in [0.15, 0.2) is 28.7 Å². The number of hydrogen-bond donors (Lipinski definition) is 1. The van der Waals surface area contributed by atoms with Crippen molar-refractivity contribution in [2.75, 3.05) is 7.11 Å². The molecule has 0 bridgehead atoms. The van der Waals surface area contributed by atoms with E-state index in [0.717, 1.165) is 23.7 Å². The monoisotopic (exact) mass is 297 g/mol. The third-order valence-corrected chi connectivity index (χ3v) is 3.62. The normalized spacial score (nSPS) is 24.4. The van der Waals surface area contributed by atoms with Crippen LogP contribution in [0.3, 0.4) is 0 Å². The number of nitrogens with one attached hydrogen (secondary N) is 1. The van der Waals surface area contributed by atoms with Gasteiger partial charge in [-0.1, -0.05) is 28.1 Å². The Morgan fingerprint density at radius 3 is 3.00 bits per heavy atom. The summed E-state index contributed by atoms with van der Waals surface area (Å²) in [6.07, 6.45) is 2.96. The van der Waals surface area contributed by atoms with Crippen molar-refractivity contribution in [2.24, 2.45) is 0 Å². The Bertz CT molecular complexity index is 408. The SMILES string of the molecule is COC(=O)C1CCCC(c2cccc(Br)c2)N1. The van der Waals surface area contributed by atoms with Crippen molar-refractivity contribution >= 4 is 21.9 Å². The molecule has 0 spiro atoms. The molecule has 1 N–H and O–H groups in total. The van der Waals surface area contributed by atoms with E-state index in [2.05, 4.69) is 33.4 Å². The summed E-state index contributed by atoms with van der Waals surface area (Å²) in [6, 6.07) is 8.27. The molecule has 0 saturated carbocycles. The highest BCUT2D eigenvalue weighted by molar-refractivity contribution is 9.10. The number of carbonyl (C=O) groups is 1. The molecule has 2 atom stereocenters. The van der Waals surface area contributed by atoms with Gasteiger partial charge in [0, 0.05) is 10.5 Å². The fourth-order valence-electron chi connectivity index (χ4n) is 2.25. The number of piperidine rings is 1. The van der Waals surface area contributed by atoms with Crippen molar-refractivity contribution in [3.05, 3.63) is 34.3 Å². The molecule has 2 rings (SSSR count). The lowest BCUT2D eigenvalue weighted by atomic mass is 9.93. The predicted molar refractivity (Wildman–Crippen MR) is 69.7 cm³/mol. The van der Waals surface area contributed by atoms with E-state index in [1.807, 2.05) is 12.1 Å². The number of methoxy groups -OCH3 is 1. The molecule has 1 aliphatic rings. The topological polar surface area (TPSA) is 38.3 Å². The molecular formula is C13H16BrNO2. The molecule has 17 heavy (non-hydrogen) atoms. The Kier molecular flexibility index (Phi) is 4.18. The van der Waals surface area contributed by atoms with Gasteiger partial charge in [0.1, 0.15) is 6.04 Å². The maximum Gasteiger partial charge on any atom is 0.322 e. The van der Waals surface area contributed by atoms with Crippen molar-refractivity contribution in [3.63, 3.8) is 0 Å². The van der Waals surface area contributed by atoms with Crippen LogP contribution in [-0.4, -0.2) is 19.1 Å². The number of esters is 1. The van der Waals surface area contributed by atoms with E-state index in [0.29, 0.717) is 0 Å². The van der Waals surface area contributed by atoms with Gasteiger partial charge < -0.3 is 4.74 Å². The predicted octanol–water partition coefficient (Wildman–Crippen LogP) is 2.81. The minimum atomic E-state index is -0.169. The first-order valence-corrected chi connectivity index (χ1v) is 6.59. The van der Waals surface area contributed by atoms with Crippen LogP contribution in [0, 0.1) is 0 Å². The van der Waals surface area contributed by atoms with Crippen molar-refractivity contribution in [2.45, 2.75) is 31.3 Å². The molecule has 3 nitrogen and oxygen atoms in total. The van der Waals surface area contributed by atoms with Crippen molar-refractivity contribution in [3.8, 4) is 0 Å². The Morgan fingerprint density at radius 2 is 2.29 bits per heavy atom. The number of halogens is 1. The van der Waals surface area contributed by atoms with Gasteiger partial charge in [-0.3, -0.25) is 10.1 Å². The summed E-state index contributed by atoms with van der Waals surface area (Å²) in [6.45, 7) is 0. The van der Waals surface area contributed by atoms with Gasteiger partial charge in [-0.2, -0.15) is 0 Å². The Balaban J connectivity index is 2.09. The molecule has 1 aliphatic heterocycles. The molecule has 1 aromatic carbocycles. The minimum Gasteiger partial charge on any atom is -0.468 e. The molecule has 4 heteroatoms. The quantitative estimate of drug-likeness (QED) is 0.853. The average molecular weight is 298 g/mol. The lowest BCUT2D eigenvalue weighted by Crippen LogP contribution is -2.43. The maximum absolute atomic E-state index is 11.5. The summed E-state index contributed by atoms with van der Waals surface area (Å²) in [5.41, 5.74) is 1.22. The van der Waals surface area contributed by atoms with Crippen LogP contribution in [0.2, 0.25) is 0 Å². The molecule has 1 aromatic rings. The zero-order chi connectivity index (χ0) is 12.3. The smallest absolute Gasteiger partial charge is 0.322 e. The minimum absolute atomic E-state index is 0.162. The molecule has 92 valence electrons. The highest BCUT2D eigenvalue weighted by atomic mass is 79.9. The fourth-order valence-corrected chi connectivity index (χ4v) is 2.67. The molecule has 0 aliphatic carbocycles. The highest BCUT2D eigenvalue weighted by Gasteiger charge is 2.27. The Hall–Kier alpha value is -0.870. The van der Waals surface area contributed by atoms with E-state index in [1.54, 1.807) is 0 Å². The van der Waals surface area contributed by atoms with Gasteiger partial charge >= 0.3 is 5.97 Å². The molecule has 2 unspecified atom stereocenters. The first-order chi connectivity index (χ1) is 8.20. The molecule has 1 saturated heterocycles. The average Bonchev–Trinajstić information content (AvgIpc) is 2.38. The van der Waals surface area contributed by atoms with Gasteiger partial charge in [0.25, 0.3) is 0 Å². The Morgan fingerprint density at radius 1 is 1.47 bits per heavy atom. The molecular weight excluding hydrogens is 282 g/mol. The standard InChI is InChI=1S/C13H16BrNO2/c1-17-13(16)12-7-3-6-11(15-12)9-4-2-5-10(14)8-9/h2,4-5,8,11-12,15H,3,6-7H2,1H3. The number of rotatable bonds is 2. The van der Waals surface area contributed by atoms with E-state index < -0.39 is 0 Å². The number of carbonyl (C=O) groups excluding carboxylic acids is 1. The van der Waals surface area contributed by atoms with Crippen LogP contribution in [0.5, 0.6) is 0 Å². The number of ether oxygens (including phenoxy) is 1. The lowest BCUT2D eigenvalue weighted by Gasteiger charge is -2.29. The van der Waals surface area contributed by atoms with E-state index in [9.17, 15) is 4.79 Å². The van der Waals surface area contributed by atoms with Gasteiger partial charge in [-0.25, -0.2) is 0 Å². The highest BCUT2D eigenvalue weighted by Crippen LogP contribution is 2.27. The molecule has 1 heterocycles. The summed E-state index contributed by atoms with van der Waals surface area (Å²) in [4.78, 5) is 11.5. The maximum atomic E-state index is 11.5. The fraction of sp³-hybridized carbons (Fsp3) is 0.462. The Labute approximate surface area is 110 Å². The second-order valence-electron chi connectivity index (χ2n) is 4.28. The second-order valence-corrected chi connectivity index (χ2v) is 5.20. The molecule has 0 aromatic heterocycles. The number of benzene rings is 1.